The Labute approximate surface area is 146 Å². The summed E-state index contributed by atoms with van der Waals surface area (Å²) in [5, 5.41) is 7.34. The molecule has 0 saturated heterocycles. The SMILES string of the molecule is Clc1ccc(CCNc2cc(NCc3cccnc3)ncn2)cc1. The second kappa shape index (κ2) is 8.26. The van der Waals surface area contributed by atoms with Crippen LogP contribution < -0.4 is 10.6 Å². The Morgan fingerprint density at radius 2 is 1.71 bits per heavy atom. The molecule has 2 heterocycles. The van der Waals surface area contributed by atoms with Crippen LogP contribution in [-0.4, -0.2) is 21.5 Å². The fraction of sp³-hybridized carbons (Fsp3) is 0.167. The number of pyridine rings is 1. The van der Waals surface area contributed by atoms with Crippen LogP contribution >= 0.6 is 11.6 Å². The molecule has 0 atom stereocenters. The van der Waals surface area contributed by atoms with Gasteiger partial charge in [0.25, 0.3) is 0 Å². The van der Waals surface area contributed by atoms with E-state index in [1.54, 1.807) is 12.5 Å². The van der Waals surface area contributed by atoms with E-state index in [0.29, 0.717) is 6.54 Å². The number of hydrogen-bond donors (Lipinski definition) is 2. The first kappa shape index (κ1) is 16.2. The van der Waals surface area contributed by atoms with Crippen LogP contribution in [0.25, 0.3) is 0 Å². The molecule has 0 spiro atoms. The fourth-order valence-corrected chi connectivity index (χ4v) is 2.36. The number of hydrogen-bond acceptors (Lipinski definition) is 5. The average molecular weight is 340 g/mol. The normalized spacial score (nSPS) is 10.4. The van der Waals surface area contributed by atoms with E-state index in [1.165, 1.54) is 5.56 Å². The van der Waals surface area contributed by atoms with Crippen LogP contribution in [0.3, 0.4) is 0 Å². The highest BCUT2D eigenvalue weighted by Gasteiger charge is 2.00. The molecule has 0 unspecified atom stereocenters. The van der Waals surface area contributed by atoms with Crippen LogP contribution in [0.5, 0.6) is 0 Å². The van der Waals surface area contributed by atoms with Gasteiger partial charge in [-0.3, -0.25) is 4.98 Å². The van der Waals surface area contributed by atoms with Gasteiger partial charge < -0.3 is 10.6 Å². The third kappa shape index (κ3) is 4.93. The largest absolute Gasteiger partial charge is 0.370 e. The lowest BCUT2D eigenvalue weighted by molar-refractivity contribution is 0.995. The third-order valence-electron chi connectivity index (χ3n) is 3.50. The minimum atomic E-state index is 0.676. The lowest BCUT2D eigenvalue weighted by Gasteiger charge is -2.09. The molecule has 0 aliphatic carbocycles. The fourth-order valence-electron chi connectivity index (χ4n) is 2.23. The molecule has 0 saturated carbocycles. The van der Waals surface area contributed by atoms with Gasteiger partial charge in [0, 0.05) is 36.6 Å². The lowest BCUT2D eigenvalue weighted by atomic mass is 10.1. The van der Waals surface area contributed by atoms with E-state index >= 15 is 0 Å². The Morgan fingerprint density at radius 1 is 0.917 bits per heavy atom. The molecule has 0 aliphatic rings. The molecule has 24 heavy (non-hydrogen) atoms. The summed E-state index contributed by atoms with van der Waals surface area (Å²) in [7, 11) is 0. The van der Waals surface area contributed by atoms with Crippen molar-refractivity contribution < 1.29 is 0 Å². The zero-order chi connectivity index (χ0) is 16.6. The van der Waals surface area contributed by atoms with Crippen LogP contribution in [-0.2, 0) is 13.0 Å². The van der Waals surface area contributed by atoms with Crippen molar-refractivity contribution in [2.75, 3.05) is 17.2 Å². The monoisotopic (exact) mass is 339 g/mol. The zero-order valence-corrected chi connectivity index (χ0v) is 13.9. The van der Waals surface area contributed by atoms with Gasteiger partial charge in [0.05, 0.1) is 0 Å². The molecule has 0 fully saturated rings. The number of benzene rings is 1. The Hall–Kier alpha value is -2.66. The van der Waals surface area contributed by atoms with Crippen LogP contribution in [0.4, 0.5) is 11.6 Å². The highest BCUT2D eigenvalue weighted by atomic mass is 35.5. The second-order valence-electron chi connectivity index (χ2n) is 5.31. The third-order valence-corrected chi connectivity index (χ3v) is 3.75. The van der Waals surface area contributed by atoms with Crippen molar-refractivity contribution in [1.82, 2.24) is 15.0 Å². The van der Waals surface area contributed by atoms with Crippen LogP contribution in [0.15, 0.2) is 61.2 Å². The Kier molecular flexibility index (Phi) is 5.58. The van der Waals surface area contributed by atoms with Crippen molar-refractivity contribution in [3.63, 3.8) is 0 Å². The topological polar surface area (TPSA) is 62.7 Å². The van der Waals surface area contributed by atoms with Gasteiger partial charge in [-0.05, 0) is 35.7 Å². The molecule has 0 bridgehead atoms. The van der Waals surface area contributed by atoms with Crippen molar-refractivity contribution in [3.05, 3.63) is 77.3 Å². The molecule has 2 aromatic heterocycles. The number of nitrogens with one attached hydrogen (secondary N) is 2. The molecule has 3 aromatic rings. The van der Waals surface area contributed by atoms with E-state index in [0.717, 1.165) is 35.2 Å². The zero-order valence-electron chi connectivity index (χ0n) is 13.1. The summed E-state index contributed by atoms with van der Waals surface area (Å²) in [6, 6.07) is 13.7. The second-order valence-corrected chi connectivity index (χ2v) is 5.74. The number of halogens is 1. The predicted octanol–water partition coefficient (Wildman–Crippen LogP) is 3.79. The molecular weight excluding hydrogens is 322 g/mol. The van der Waals surface area contributed by atoms with Crippen LogP contribution in [0.2, 0.25) is 5.02 Å². The molecule has 5 nitrogen and oxygen atoms in total. The van der Waals surface area contributed by atoms with E-state index in [9.17, 15) is 0 Å². The standard InChI is InChI=1S/C18H18ClN5/c19-16-5-3-14(4-6-16)7-9-21-17-10-18(24-13-23-17)22-12-15-2-1-8-20-11-15/h1-6,8,10-11,13H,7,9,12H2,(H2,21,22,23,24). The predicted molar refractivity (Wildman–Crippen MR) is 97.2 cm³/mol. The summed E-state index contributed by atoms with van der Waals surface area (Å²) in [5.41, 5.74) is 2.34. The Bertz CT molecular complexity index is 762. The highest BCUT2D eigenvalue weighted by molar-refractivity contribution is 6.30. The average Bonchev–Trinajstić information content (AvgIpc) is 2.63. The number of aromatic nitrogens is 3. The summed E-state index contributed by atoms with van der Waals surface area (Å²) in [5.74, 6) is 1.58. The van der Waals surface area contributed by atoms with E-state index in [2.05, 4.69) is 25.6 Å². The molecule has 0 radical (unpaired) electrons. The smallest absolute Gasteiger partial charge is 0.131 e. The van der Waals surface area contributed by atoms with Crippen LogP contribution in [0.1, 0.15) is 11.1 Å². The van der Waals surface area contributed by atoms with Crippen molar-refractivity contribution >= 4 is 23.2 Å². The molecule has 0 amide bonds. The Morgan fingerprint density at radius 3 is 2.46 bits per heavy atom. The molecule has 6 heteroatoms. The quantitative estimate of drug-likeness (QED) is 0.685. The summed E-state index contributed by atoms with van der Waals surface area (Å²) < 4.78 is 0. The van der Waals surface area contributed by atoms with Gasteiger partial charge in [0.1, 0.15) is 18.0 Å². The van der Waals surface area contributed by atoms with Crippen molar-refractivity contribution in [3.8, 4) is 0 Å². The maximum atomic E-state index is 5.89. The van der Waals surface area contributed by atoms with Gasteiger partial charge in [0.2, 0.25) is 0 Å². The summed E-state index contributed by atoms with van der Waals surface area (Å²) in [6.07, 6.45) is 6.05. The van der Waals surface area contributed by atoms with Gasteiger partial charge in [-0.15, -0.1) is 0 Å². The lowest BCUT2D eigenvalue weighted by Crippen LogP contribution is -2.08. The maximum absolute atomic E-state index is 5.89. The first-order valence-corrected chi connectivity index (χ1v) is 8.10. The van der Waals surface area contributed by atoms with E-state index in [-0.39, 0.29) is 0 Å². The van der Waals surface area contributed by atoms with Crippen molar-refractivity contribution in [2.45, 2.75) is 13.0 Å². The number of nitrogens with zero attached hydrogens (tertiary/aromatic N) is 3. The van der Waals surface area contributed by atoms with E-state index in [4.69, 9.17) is 11.6 Å². The summed E-state index contributed by atoms with van der Waals surface area (Å²) in [4.78, 5) is 12.6. The van der Waals surface area contributed by atoms with Crippen molar-refractivity contribution in [1.29, 1.82) is 0 Å². The molecule has 0 aliphatic heterocycles. The first-order chi connectivity index (χ1) is 11.8. The molecular formula is C18H18ClN5. The summed E-state index contributed by atoms with van der Waals surface area (Å²) >= 11 is 5.89. The van der Waals surface area contributed by atoms with Gasteiger partial charge in [0.15, 0.2) is 0 Å². The van der Waals surface area contributed by atoms with Crippen molar-refractivity contribution in [2.24, 2.45) is 0 Å². The number of anilines is 2. The van der Waals surface area contributed by atoms with Gasteiger partial charge in [-0.1, -0.05) is 29.8 Å². The number of rotatable bonds is 7. The van der Waals surface area contributed by atoms with Gasteiger partial charge in [-0.25, -0.2) is 9.97 Å². The molecule has 2 N–H and O–H groups in total. The van der Waals surface area contributed by atoms with Gasteiger partial charge in [-0.2, -0.15) is 0 Å². The van der Waals surface area contributed by atoms with Crippen LogP contribution in [0, 0.1) is 0 Å². The summed E-state index contributed by atoms with van der Waals surface area (Å²) in [6.45, 7) is 1.47. The highest BCUT2D eigenvalue weighted by Crippen LogP contribution is 2.12. The minimum absolute atomic E-state index is 0.676. The maximum Gasteiger partial charge on any atom is 0.131 e. The van der Waals surface area contributed by atoms with Gasteiger partial charge >= 0.3 is 0 Å². The minimum Gasteiger partial charge on any atom is -0.370 e. The molecule has 3 rings (SSSR count). The van der Waals surface area contributed by atoms with E-state index < -0.39 is 0 Å². The van der Waals surface area contributed by atoms with E-state index in [1.807, 2.05) is 48.7 Å². The molecule has 122 valence electrons. The Balaban J connectivity index is 1.50. The first-order valence-electron chi connectivity index (χ1n) is 7.73. The molecule has 1 aromatic carbocycles.